The average Bonchev–Trinajstić information content (AvgIpc) is 2.83. The Morgan fingerprint density at radius 1 is 1.03 bits per heavy atom. The molecule has 6 nitrogen and oxygen atoms in total. The van der Waals surface area contributed by atoms with E-state index in [1.807, 2.05) is 33.9 Å². The lowest BCUT2D eigenvalue weighted by Gasteiger charge is -2.54. The largest absolute Gasteiger partial charge is 0.494 e. The van der Waals surface area contributed by atoms with Crippen LogP contribution in [0.15, 0.2) is 24.3 Å². The molecule has 0 unspecified atom stereocenters. The van der Waals surface area contributed by atoms with E-state index in [2.05, 4.69) is 65.8 Å². The van der Waals surface area contributed by atoms with Gasteiger partial charge in [-0.25, -0.2) is 4.79 Å². The Morgan fingerprint density at radius 3 is 1.91 bits per heavy atom. The third-order valence-electron chi connectivity index (χ3n) is 8.12. The van der Waals surface area contributed by atoms with Crippen molar-refractivity contribution in [1.82, 2.24) is 4.90 Å². The van der Waals surface area contributed by atoms with Crippen LogP contribution < -0.4 is 5.46 Å². The molecule has 1 aromatic rings. The van der Waals surface area contributed by atoms with E-state index in [1.54, 1.807) is 4.90 Å². The molecule has 0 atom stereocenters. The molecule has 3 rings (SSSR count). The number of benzene rings is 1. The Morgan fingerprint density at radius 2 is 1.50 bits per heavy atom. The first kappa shape index (κ1) is 27.2. The molecule has 0 radical (unpaired) electrons. The van der Waals surface area contributed by atoms with Gasteiger partial charge in [-0.05, 0) is 84.0 Å². The van der Waals surface area contributed by atoms with Gasteiger partial charge in [0.15, 0.2) is 8.32 Å². The van der Waals surface area contributed by atoms with Crippen LogP contribution in [0.3, 0.4) is 0 Å². The third kappa shape index (κ3) is 5.25. The highest BCUT2D eigenvalue weighted by atomic mass is 28.4. The number of amides is 1. The zero-order chi connectivity index (χ0) is 26.0. The van der Waals surface area contributed by atoms with Gasteiger partial charge in [0.05, 0.1) is 11.2 Å². The minimum atomic E-state index is -2.44. The van der Waals surface area contributed by atoms with Crippen LogP contribution in [0.5, 0.6) is 0 Å². The molecule has 2 aliphatic rings. The lowest BCUT2D eigenvalue weighted by Crippen LogP contribution is -2.63. The minimum Gasteiger partial charge on any atom is -0.444 e. The van der Waals surface area contributed by atoms with Crippen LogP contribution in [0.2, 0.25) is 18.1 Å². The Balaban J connectivity index is 1.86. The van der Waals surface area contributed by atoms with E-state index in [4.69, 9.17) is 14.0 Å². The summed E-state index contributed by atoms with van der Waals surface area (Å²) < 4.78 is 18.0. The quantitative estimate of drug-likeness (QED) is 0.600. The van der Waals surface area contributed by atoms with E-state index in [1.165, 1.54) is 5.56 Å². The number of nitrogens with zero attached hydrogens (tertiary/aromatic N) is 1. The van der Waals surface area contributed by atoms with Crippen molar-refractivity contribution in [1.29, 1.82) is 0 Å². The number of carbonyl (C=O) groups excluding carboxylic acids is 1. The number of rotatable bonds is 5. The van der Waals surface area contributed by atoms with Gasteiger partial charge >= 0.3 is 13.2 Å². The number of hydrogen-bond donors (Lipinski definition) is 1. The Bertz CT molecular complexity index is 893. The van der Waals surface area contributed by atoms with E-state index >= 15 is 0 Å². The summed E-state index contributed by atoms with van der Waals surface area (Å²) in [6.07, 6.45) is 0.514. The molecule has 2 heterocycles. The van der Waals surface area contributed by atoms with Gasteiger partial charge in [-0.2, -0.15) is 0 Å². The van der Waals surface area contributed by atoms with Gasteiger partial charge in [0.25, 0.3) is 0 Å². The molecular weight excluding hydrogens is 445 g/mol. The van der Waals surface area contributed by atoms with Crippen molar-refractivity contribution in [3.63, 3.8) is 0 Å². The first-order chi connectivity index (χ1) is 15.2. The zero-order valence-corrected chi connectivity index (χ0v) is 24.0. The Hall–Kier alpha value is -1.35. The zero-order valence-electron chi connectivity index (χ0n) is 23.0. The van der Waals surface area contributed by atoms with Crippen LogP contribution >= 0.6 is 0 Å². The fraction of sp³-hybridized carbons (Fsp3) is 0.731. The van der Waals surface area contributed by atoms with Gasteiger partial charge in [-0.15, -0.1) is 0 Å². The molecule has 0 aromatic heterocycles. The van der Waals surface area contributed by atoms with Crippen LogP contribution in [0, 0.1) is 0 Å². The minimum absolute atomic E-state index is 0.225. The second kappa shape index (κ2) is 8.36. The monoisotopic (exact) mass is 489 g/mol. The second-order valence-corrected chi connectivity index (χ2v) is 17.9. The van der Waals surface area contributed by atoms with Crippen LogP contribution in [-0.4, -0.2) is 61.1 Å². The highest BCUT2D eigenvalue weighted by molar-refractivity contribution is 6.72. The highest BCUT2D eigenvalue weighted by Crippen LogP contribution is 2.50. The van der Waals surface area contributed by atoms with Gasteiger partial charge in [0.2, 0.25) is 0 Å². The molecule has 1 N–H and O–H groups in total. The van der Waals surface area contributed by atoms with E-state index in [0.29, 0.717) is 13.1 Å². The molecule has 0 spiro atoms. The van der Waals surface area contributed by atoms with Crippen molar-refractivity contribution in [2.24, 2.45) is 0 Å². The normalized spacial score (nSPS) is 21.9. The maximum absolute atomic E-state index is 12.7. The van der Waals surface area contributed by atoms with Crippen molar-refractivity contribution in [3.05, 3.63) is 29.8 Å². The Labute approximate surface area is 207 Å². The number of likely N-dealkylation sites (tertiary alicyclic amines) is 1. The van der Waals surface area contributed by atoms with Crippen LogP contribution in [0.25, 0.3) is 0 Å². The highest BCUT2D eigenvalue weighted by Gasteiger charge is 2.54. The molecule has 2 saturated heterocycles. The van der Waals surface area contributed by atoms with Crippen LogP contribution in [-0.2, 0) is 19.5 Å². The van der Waals surface area contributed by atoms with Crippen LogP contribution in [0.1, 0.15) is 74.3 Å². The molecule has 34 heavy (non-hydrogen) atoms. The summed E-state index contributed by atoms with van der Waals surface area (Å²) in [5.74, 6) is 0. The van der Waals surface area contributed by atoms with E-state index < -0.39 is 21.0 Å². The summed E-state index contributed by atoms with van der Waals surface area (Å²) in [4.78, 5) is 25.5. The SMILES string of the molecule is CC(C)(C)OC(=O)N1CC(CC(C)(C)[Si](C)(C)O)(c2ccc(B3OC(C)(C)C(C)(C)O3)cc2)C1. The van der Waals surface area contributed by atoms with Gasteiger partial charge < -0.3 is 23.7 Å². The summed E-state index contributed by atoms with van der Waals surface area (Å²) in [5.41, 5.74) is 0.610. The molecule has 0 aliphatic carbocycles. The topological polar surface area (TPSA) is 68.2 Å². The van der Waals surface area contributed by atoms with E-state index in [0.717, 1.165) is 11.9 Å². The van der Waals surface area contributed by atoms with Gasteiger partial charge in [-0.3, -0.25) is 0 Å². The van der Waals surface area contributed by atoms with Crippen molar-refractivity contribution in [3.8, 4) is 0 Å². The summed E-state index contributed by atoms with van der Waals surface area (Å²) in [6.45, 7) is 23.3. The first-order valence-electron chi connectivity index (χ1n) is 12.3. The standard InChI is InChI=1S/C26H44BNO5Si/c1-22(2,3)31-21(29)28-17-26(18-28,16-23(4,5)34(10,11)30)19-12-14-20(15-13-19)27-32-24(6,7)25(8,9)33-27/h12-15,30H,16-18H2,1-11H3. The molecule has 0 bridgehead atoms. The Kier molecular flexibility index (Phi) is 6.70. The first-order valence-corrected chi connectivity index (χ1v) is 15.3. The lowest BCUT2D eigenvalue weighted by atomic mass is 9.67. The van der Waals surface area contributed by atoms with E-state index in [9.17, 15) is 9.59 Å². The van der Waals surface area contributed by atoms with Crippen molar-refractivity contribution < 1.29 is 23.6 Å². The lowest BCUT2D eigenvalue weighted by molar-refractivity contribution is -0.0143. The summed E-state index contributed by atoms with van der Waals surface area (Å²) in [6, 6.07) is 8.41. The molecule has 190 valence electrons. The van der Waals surface area contributed by atoms with Gasteiger partial charge in [0.1, 0.15) is 5.60 Å². The molecule has 1 amide bonds. The fourth-order valence-corrected chi connectivity index (χ4v) is 5.34. The molecule has 2 aliphatic heterocycles. The smallest absolute Gasteiger partial charge is 0.444 e. The summed E-state index contributed by atoms with van der Waals surface area (Å²) in [7, 11) is -2.84. The maximum Gasteiger partial charge on any atom is 0.494 e. The second-order valence-electron chi connectivity index (χ2n) is 13.4. The fourth-order valence-electron chi connectivity index (χ4n) is 4.57. The van der Waals surface area contributed by atoms with Crippen molar-refractivity contribution >= 4 is 27.0 Å². The summed E-state index contributed by atoms with van der Waals surface area (Å²) in [5, 5.41) is -0.225. The molecule has 8 heteroatoms. The van der Waals surface area contributed by atoms with Crippen LogP contribution in [0.4, 0.5) is 4.79 Å². The molecule has 2 fully saturated rings. The summed E-state index contributed by atoms with van der Waals surface area (Å²) >= 11 is 0. The predicted molar refractivity (Wildman–Crippen MR) is 140 cm³/mol. The predicted octanol–water partition coefficient (Wildman–Crippen LogP) is 4.84. The number of hydrogen-bond acceptors (Lipinski definition) is 5. The molecular formula is C26H44BNO5Si. The maximum atomic E-state index is 12.7. The molecule has 1 aromatic carbocycles. The third-order valence-corrected chi connectivity index (χ3v) is 11.6. The van der Waals surface area contributed by atoms with E-state index in [-0.39, 0.29) is 27.7 Å². The van der Waals surface area contributed by atoms with Crippen molar-refractivity contribution in [2.75, 3.05) is 13.1 Å². The molecule has 0 saturated carbocycles. The van der Waals surface area contributed by atoms with Gasteiger partial charge in [0, 0.05) is 18.5 Å². The van der Waals surface area contributed by atoms with Gasteiger partial charge in [-0.1, -0.05) is 38.1 Å². The average molecular weight is 490 g/mol. The number of ether oxygens (including phenoxy) is 1. The van der Waals surface area contributed by atoms with Crippen molar-refractivity contribution in [2.45, 2.75) is 109 Å². The number of carbonyl (C=O) groups is 1.